The number of nitrogens with zero attached hydrogens (tertiary/aromatic N) is 4. The highest BCUT2D eigenvalue weighted by Crippen LogP contribution is 2.22. The number of hydrogen-bond acceptors (Lipinski definition) is 4. The van der Waals surface area contributed by atoms with Crippen LogP contribution in [0.3, 0.4) is 0 Å². The van der Waals surface area contributed by atoms with E-state index in [4.69, 9.17) is 16.5 Å². The molecule has 6 nitrogen and oxygen atoms in total. The van der Waals surface area contributed by atoms with Crippen molar-refractivity contribution >= 4 is 11.7 Å². The Morgan fingerprint density at radius 2 is 1.23 bits per heavy atom. The molecule has 0 saturated carbocycles. The Labute approximate surface area is 177 Å². The minimum absolute atomic E-state index is 0.555. The van der Waals surface area contributed by atoms with Gasteiger partial charge in [-0.3, -0.25) is 9.98 Å². The summed E-state index contributed by atoms with van der Waals surface area (Å²) in [5.74, 6) is 1.78. The molecule has 1 heterocycles. The Morgan fingerprint density at radius 3 is 1.73 bits per heavy atom. The van der Waals surface area contributed by atoms with Crippen LogP contribution in [0.1, 0.15) is 37.8 Å². The number of rotatable bonds is 8. The van der Waals surface area contributed by atoms with Crippen LogP contribution in [0.2, 0.25) is 0 Å². The van der Waals surface area contributed by atoms with E-state index in [1.54, 1.807) is 6.20 Å². The van der Waals surface area contributed by atoms with E-state index >= 15 is 0 Å². The summed E-state index contributed by atoms with van der Waals surface area (Å²) in [5.41, 5.74) is 16.7. The molecule has 0 saturated heterocycles. The Hall–Kier alpha value is -3.54. The molecule has 2 aromatic carbocycles. The molecule has 3 aromatic rings. The lowest BCUT2D eigenvalue weighted by atomic mass is 10.1. The Balaban J connectivity index is 1.81. The highest BCUT2D eigenvalue weighted by atomic mass is 14.9. The molecule has 3 rings (SSSR count). The van der Waals surface area contributed by atoms with Gasteiger partial charge in [0.1, 0.15) is 11.7 Å². The molecule has 0 fully saturated rings. The van der Waals surface area contributed by atoms with Gasteiger partial charge >= 0.3 is 0 Å². The lowest BCUT2D eigenvalue weighted by Gasteiger charge is -2.07. The number of hydrogen-bond donors (Lipinski definition) is 2. The van der Waals surface area contributed by atoms with Crippen LogP contribution in [-0.4, -0.2) is 34.7 Å². The Morgan fingerprint density at radius 1 is 0.733 bits per heavy atom. The predicted molar refractivity (Wildman–Crippen MR) is 125 cm³/mol. The zero-order valence-corrected chi connectivity index (χ0v) is 17.5. The first-order valence-electron chi connectivity index (χ1n) is 10.3. The molecule has 6 heteroatoms. The van der Waals surface area contributed by atoms with Crippen LogP contribution in [0, 0.1) is 0 Å². The highest BCUT2D eigenvalue weighted by molar-refractivity contribution is 5.98. The Bertz CT molecular complexity index is 940. The summed E-state index contributed by atoms with van der Waals surface area (Å²) in [6.45, 7) is 5.62. The van der Waals surface area contributed by atoms with E-state index in [0.717, 1.165) is 53.9 Å². The van der Waals surface area contributed by atoms with Gasteiger partial charge in [-0.05, 0) is 18.9 Å². The summed E-state index contributed by atoms with van der Waals surface area (Å²) in [5, 5.41) is 0. The van der Waals surface area contributed by atoms with Gasteiger partial charge in [-0.25, -0.2) is 9.97 Å². The standard InChI is InChI=1S/C24H28N6/c1-3-14-27-22(25)18-7-5-17(6-8-18)21-13-16-29-24(30-21)20-11-9-19(10-12-20)23(26)28-15-4-2/h5-13,16H,3-4,14-15H2,1-2H3,(H2,25,27)(H2,26,28). The fraction of sp³-hybridized carbons (Fsp3) is 0.250. The molecule has 0 aliphatic rings. The monoisotopic (exact) mass is 400 g/mol. The average molecular weight is 401 g/mol. The molecular formula is C24H28N6. The molecule has 0 spiro atoms. The van der Waals surface area contributed by atoms with E-state index in [9.17, 15) is 0 Å². The molecule has 0 bridgehead atoms. The van der Waals surface area contributed by atoms with Gasteiger partial charge in [0.15, 0.2) is 5.82 Å². The average Bonchev–Trinajstić information content (AvgIpc) is 2.81. The second-order valence-electron chi connectivity index (χ2n) is 6.95. The summed E-state index contributed by atoms with van der Waals surface area (Å²) in [6, 6.07) is 17.7. The van der Waals surface area contributed by atoms with Crippen LogP contribution in [-0.2, 0) is 0 Å². The topological polar surface area (TPSA) is 103 Å². The van der Waals surface area contributed by atoms with Gasteiger partial charge in [0, 0.05) is 41.5 Å². The summed E-state index contributed by atoms with van der Waals surface area (Å²) >= 11 is 0. The largest absolute Gasteiger partial charge is 0.384 e. The van der Waals surface area contributed by atoms with Crippen molar-refractivity contribution in [3.05, 3.63) is 71.9 Å². The van der Waals surface area contributed by atoms with Crippen molar-refractivity contribution in [3.63, 3.8) is 0 Å². The first-order valence-corrected chi connectivity index (χ1v) is 10.3. The van der Waals surface area contributed by atoms with Crippen molar-refractivity contribution in [2.75, 3.05) is 13.1 Å². The van der Waals surface area contributed by atoms with Gasteiger partial charge in [0.25, 0.3) is 0 Å². The number of benzene rings is 2. The molecular weight excluding hydrogens is 372 g/mol. The minimum Gasteiger partial charge on any atom is -0.384 e. The number of aliphatic imine (C=N–C) groups is 2. The number of aromatic nitrogens is 2. The van der Waals surface area contributed by atoms with Crippen molar-refractivity contribution in [1.82, 2.24) is 9.97 Å². The molecule has 0 amide bonds. The first-order chi connectivity index (χ1) is 14.6. The minimum atomic E-state index is 0.555. The van der Waals surface area contributed by atoms with Crippen molar-refractivity contribution in [2.45, 2.75) is 26.7 Å². The summed E-state index contributed by atoms with van der Waals surface area (Å²) in [6.07, 6.45) is 3.72. The molecule has 0 radical (unpaired) electrons. The summed E-state index contributed by atoms with van der Waals surface area (Å²) < 4.78 is 0. The maximum Gasteiger partial charge on any atom is 0.159 e. The SMILES string of the molecule is CCCN=C(N)c1ccc(-c2ccnc(-c3ccc(C(N)=NCCC)cc3)n2)cc1. The van der Waals surface area contributed by atoms with Gasteiger partial charge in [-0.2, -0.15) is 0 Å². The third kappa shape index (κ3) is 5.29. The van der Waals surface area contributed by atoms with Crippen molar-refractivity contribution < 1.29 is 0 Å². The van der Waals surface area contributed by atoms with Crippen LogP contribution in [0.5, 0.6) is 0 Å². The van der Waals surface area contributed by atoms with E-state index in [-0.39, 0.29) is 0 Å². The Kier molecular flexibility index (Phi) is 7.27. The summed E-state index contributed by atoms with van der Waals surface area (Å²) in [7, 11) is 0. The lowest BCUT2D eigenvalue weighted by Crippen LogP contribution is -2.13. The molecule has 0 atom stereocenters. The predicted octanol–water partition coefficient (Wildman–Crippen LogP) is 4.04. The molecule has 154 valence electrons. The van der Waals surface area contributed by atoms with Crippen LogP contribution in [0.25, 0.3) is 22.6 Å². The molecule has 0 unspecified atom stereocenters. The van der Waals surface area contributed by atoms with E-state index in [1.165, 1.54) is 0 Å². The third-order valence-electron chi connectivity index (χ3n) is 4.58. The number of amidine groups is 2. The summed E-state index contributed by atoms with van der Waals surface area (Å²) in [4.78, 5) is 17.9. The van der Waals surface area contributed by atoms with E-state index in [0.29, 0.717) is 17.5 Å². The fourth-order valence-electron chi connectivity index (χ4n) is 2.91. The van der Waals surface area contributed by atoms with Crippen LogP contribution < -0.4 is 11.5 Å². The highest BCUT2D eigenvalue weighted by Gasteiger charge is 2.07. The molecule has 0 aliphatic carbocycles. The molecule has 30 heavy (non-hydrogen) atoms. The molecule has 1 aromatic heterocycles. The third-order valence-corrected chi connectivity index (χ3v) is 4.58. The normalized spacial score (nSPS) is 12.2. The van der Waals surface area contributed by atoms with E-state index in [1.807, 2.05) is 54.6 Å². The number of nitrogens with two attached hydrogens (primary N) is 2. The maximum absolute atomic E-state index is 6.04. The fourth-order valence-corrected chi connectivity index (χ4v) is 2.91. The van der Waals surface area contributed by atoms with Gasteiger partial charge < -0.3 is 11.5 Å². The first kappa shape index (κ1) is 21.2. The zero-order valence-electron chi connectivity index (χ0n) is 17.5. The van der Waals surface area contributed by atoms with Crippen molar-refractivity contribution in [2.24, 2.45) is 21.5 Å². The van der Waals surface area contributed by atoms with Crippen molar-refractivity contribution in [3.8, 4) is 22.6 Å². The lowest BCUT2D eigenvalue weighted by molar-refractivity contribution is 0.930. The van der Waals surface area contributed by atoms with Gasteiger partial charge in [-0.1, -0.05) is 62.4 Å². The second kappa shape index (κ2) is 10.3. The quantitative estimate of drug-likeness (QED) is 0.440. The molecule has 4 N–H and O–H groups in total. The van der Waals surface area contributed by atoms with Gasteiger partial charge in [-0.15, -0.1) is 0 Å². The maximum atomic E-state index is 6.04. The van der Waals surface area contributed by atoms with E-state index < -0.39 is 0 Å². The van der Waals surface area contributed by atoms with Crippen LogP contribution in [0.4, 0.5) is 0 Å². The smallest absolute Gasteiger partial charge is 0.159 e. The van der Waals surface area contributed by atoms with Gasteiger partial charge in [0.2, 0.25) is 0 Å². The second-order valence-corrected chi connectivity index (χ2v) is 6.95. The van der Waals surface area contributed by atoms with Gasteiger partial charge in [0.05, 0.1) is 5.69 Å². The van der Waals surface area contributed by atoms with Crippen LogP contribution >= 0.6 is 0 Å². The van der Waals surface area contributed by atoms with Crippen LogP contribution in [0.15, 0.2) is 70.8 Å². The van der Waals surface area contributed by atoms with Crippen molar-refractivity contribution in [1.29, 1.82) is 0 Å². The van der Waals surface area contributed by atoms with E-state index in [2.05, 4.69) is 28.8 Å². The molecule has 0 aliphatic heterocycles. The zero-order chi connectivity index (χ0) is 21.3.